The summed E-state index contributed by atoms with van der Waals surface area (Å²) < 4.78 is 0. The first-order valence-electron chi connectivity index (χ1n) is 9.41. The maximum Gasteiger partial charge on any atom is 0.0726 e. The van der Waals surface area contributed by atoms with Crippen LogP contribution in [0.5, 0.6) is 0 Å². The van der Waals surface area contributed by atoms with E-state index in [0.717, 1.165) is 37.4 Å². The van der Waals surface area contributed by atoms with Gasteiger partial charge in [0.15, 0.2) is 0 Å². The molecular formula is C20H32Br2O2. The second-order valence-corrected chi connectivity index (χ2v) is 11.0. The van der Waals surface area contributed by atoms with E-state index in [1.165, 1.54) is 5.57 Å². The highest BCUT2D eigenvalue weighted by molar-refractivity contribution is 9.09. The molecule has 0 aromatic carbocycles. The molecule has 2 N–H and O–H groups in total. The molecule has 0 aliphatic heterocycles. The minimum Gasteiger partial charge on any atom is -0.390 e. The number of aliphatic hydroxyl groups is 2. The Balaban J connectivity index is 2.16. The lowest BCUT2D eigenvalue weighted by Crippen LogP contribution is -2.61. The Bertz CT molecular complexity index is 530. The number of aliphatic hydroxyl groups excluding tert-OH is 1. The van der Waals surface area contributed by atoms with Crippen molar-refractivity contribution in [3.8, 4) is 0 Å². The van der Waals surface area contributed by atoms with Crippen LogP contribution in [0.3, 0.4) is 0 Å². The highest BCUT2D eigenvalue weighted by Crippen LogP contribution is 2.66. The number of hydrogen-bond acceptors (Lipinski definition) is 2. The van der Waals surface area contributed by atoms with Gasteiger partial charge in [-0.05, 0) is 56.3 Å². The smallest absolute Gasteiger partial charge is 0.0726 e. The predicted molar refractivity (Wildman–Crippen MR) is 107 cm³/mol. The van der Waals surface area contributed by atoms with Gasteiger partial charge in [0.05, 0.1) is 11.7 Å². The third-order valence-corrected chi connectivity index (χ3v) is 10.0. The number of rotatable bonds is 2. The van der Waals surface area contributed by atoms with Crippen LogP contribution in [0.25, 0.3) is 0 Å². The Hall–Kier alpha value is 0.620. The lowest BCUT2D eigenvalue weighted by atomic mass is 9.44. The molecule has 24 heavy (non-hydrogen) atoms. The van der Waals surface area contributed by atoms with Crippen molar-refractivity contribution in [2.24, 2.45) is 28.6 Å². The van der Waals surface area contributed by atoms with E-state index in [2.05, 4.69) is 58.7 Å². The Kier molecular flexibility index (Phi) is 5.13. The summed E-state index contributed by atoms with van der Waals surface area (Å²) in [6.07, 6.45) is 6.69. The number of halogens is 2. The SMILES string of the molecule is CC(C)[C@@H]1C[C@H](O)C=C2[C@H]3[C@](C)(CC[C@@]21CBr)[C@@H](Br)CC[C@@]3(C)O. The van der Waals surface area contributed by atoms with Gasteiger partial charge in [0.25, 0.3) is 0 Å². The van der Waals surface area contributed by atoms with Crippen molar-refractivity contribution < 1.29 is 10.2 Å². The summed E-state index contributed by atoms with van der Waals surface area (Å²) in [5.74, 6) is 1.10. The summed E-state index contributed by atoms with van der Waals surface area (Å²) in [4.78, 5) is 0.431. The van der Waals surface area contributed by atoms with Crippen molar-refractivity contribution in [3.05, 3.63) is 11.6 Å². The van der Waals surface area contributed by atoms with Crippen LogP contribution in [0, 0.1) is 28.6 Å². The summed E-state index contributed by atoms with van der Waals surface area (Å²) in [6.45, 7) is 8.93. The van der Waals surface area contributed by atoms with Crippen LogP contribution < -0.4 is 0 Å². The lowest BCUT2D eigenvalue weighted by Gasteiger charge is -2.63. The van der Waals surface area contributed by atoms with Crippen LogP contribution in [-0.4, -0.2) is 32.1 Å². The van der Waals surface area contributed by atoms with Gasteiger partial charge in [-0.25, -0.2) is 0 Å². The van der Waals surface area contributed by atoms with E-state index in [1.54, 1.807) is 0 Å². The number of fused-ring (bicyclic) bond motifs is 3. The Labute approximate surface area is 163 Å². The first kappa shape index (κ1) is 19.4. The molecule has 0 aromatic heterocycles. The van der Waals surface area contributed by atoms with Crippen molar-refractivity contribution in [1.29, 1.82) is 0 Å². The molecule has 0 amide bonds. The van der Waals surface area contributed by atoms with E-state index in [1.807, 2.05) is 6.92 Å². The van der Waals surface area contributed by atoms with E-state index < -0.39 is 5.60 Å². The molecule has 138 valence electrons. The third kappa shape index (κ3) is 2.70. The maximum atomic E-state index is 11.4. The fourth-order valence-corrected chi connectivity index (χ4v) is 8.02. The number of alkyl halides is 2. The maximum absolute atomic E-state index is 11.4. The molecule has 3 aliphatic carbocycles. The Morgan fingerprint density at radius 3 is 2.50 bits per heavy atom. The molecule has 7 atom stereocenters. The summed E-state index contributed by atoms with van der Waals surface area (Å²) in [6, 6.07) is 0. The monoisotopic (exact) mass is 462 g/mol. The number of hydrogen-bond donors (Lipinski definition) is 2. The molecule has 3 rings (SSSR count). The Morgan fingerprint density at radius 2 is 1.92 bits per heavy atom. The van der Waals surface area contributed by atoms with Gasteiger partial charge in [-0.1, -0.05) is 64.3 Å². The molecule has 2 saturated carbocycles. The topological polar surface area (TPSA) is 40.5 Å². The van der Waals surface area contributed by atoms with Gasteiger partial charge in [0.2, 0.25) is 0 Å². The first-order chi connectivity index (χ1) is 11.1. The molecule has 2 nitrogen and oxygen atoms in total. The standard InChI is InChI=1S/C20H32Br2O2/c1-12(2)14-9-13(23)10-15-17-18(3,7-8-20(14,15)11-21)16(22)5-6-19(17,4)24/h10,12-14,16-17,23-24H,5-9,11H2,1-4H3/t13-,14-,16-,17-,18+,19+,20-/m0/s1. The van der Waals surface area contributed by atoms with Gasteiger partial charge in [0, 0.05) is 21.5 Å². The third-order valence-electron chi connectivity index (χ3n) is 7.52. The molecule has 0 radical (unpaired) electrons. The van der Waals surface area contributed by atoms with E-state index in [-0.39, 0.29) is 22.9 Å². The zero-order valence-corrected chi connectivity index (χ0v) is 18.5. The predicted octanol–water partition coefficient (Wildman–Crippen LogP) is 5.06. The Morgan fingerprint density at radius 1 is 1.25 bits per heavy atom. The van der Waals surface area contributed by atoms with Crippen molar-refractivity contribution in [1.82, 2.24) is 0 Å². The van der Waals surface area contributed by atoms with E-state index in [4.69, 9.17) is 0 Å². The summed E-state index contributed by atoms with van der Waals surface area (Å²) in [5.41, 5.74) is 0.764. The van der Waals surface area contributed by atoms with Gasteiger partial charge in [-0.15, -0.1) is 0 Å². The van der Waals surface area contributed by atoms with Crippen LogP contribution >= 0.6 is 31.9 Å². The zero-order valence-electron chi connectivity index (χ0n) is 15.4. The van der Waals surface area contributed by atoms with Gasteiger partial charge >= 0.3 is 0 Å². The minimum absolute atomic E-state index is 0.0534. The highest BCUT2D eigenvalue weighted by atomic mass is 79.9. The van der Waals surface area contributed by atoms with E-state index in [0.29, 0.717) is 16.7 Å². The van der Waals surface area contributed by atoms with Crippen molar-refractivity contribution in [3.63, 3.8) is 0 Å². The molecule has 4 heteroatoms. The van der Waals surface area contributed by atoms with Crippen LogP contribution in [0.1, 0.15) is 59.8 Å². The van der Waals surface area contributed by atoms with Gasteiger partial charge in [-0.3, -0.25) is 0 Å². The fourth-order valence-electron chi connectivity index (χ4n) is 6.28. The lowest BCUT2D eigenvalue weighted by molar-refractivity contribution is -0.113. The summed E-state index contributed by atoms with van der Waals surface area (Å²) in [7, 11) is 0. The molecule has 0 aromatic rings. The van der Waals surface area contributed by atoms with Crippen LogP contribution in [0.2, 0.25) is 0 Å². The van der Waals surface area contributed by atoms with Crippen LogP contribution in [0.4, 0.5) is 0 Å². The molecule has 0 bridgehead atoms. The molecule has 0 spiro atoms. The van der Waals surface area contributed by atoms with Gasteiger partial charge in [0.1, 0.15) is 0 Å². The average Bonchev–Trinajstić information content (AvgIpc) is 2.50. The zero-order chi connectivity index (χ0) is 17.9. The van der Waals surface area contributed by atoms with Crippen molar-refractivity contribution in [2.75, 3.05) is 5.33 Å². The van der Waals surface area contributed by atoms with E-state index in [9.17, 15) is 10.2 Å². The second-order valence-electron chi connectivity index (χ2n) is 9.37. The van der Waals surface area contributed by atoms with Gasteiger partial charge in [-0.2, -0.15) is 0 Å². The highest BCUT2D eigenvalue weighted by Gasteiger charge is 2.62. The molecule has 2 fully saturated rings. The average molecular weight is 464 g/mol. The van der Waals surface area contributed by atoms with Crippen molar-refractivity contribution >= 4 is 31.9 Å². The van der Waals surface area contributed by atoms with Crippen LogP contribution in [0.15, 0.2) is 11.6 Å². The summed E-state index contributed by atoms with van der Waals surface area (Å²) >= 11 is 7.78. The molecule has 0 heterocycles. The summed E-state index contributed by atoms with van der Waals surface area (Å²) in [5, 5.41) is 22.9. The van der Waals surface area contributed by atoms with E-state index >= 15 is 0 Å². The molecular weight excluding hydrogens is 432 g/mol. The quantitative estimate of drug-likeness (QED) is 0.444. The van der Waals surface area contributed by atoms with Crippen LogP contribution in [-0.2, 0) is 0 Å². The molecule has 0 unspecified atom stereocenters. The molecule has 3 aliphatic rings. The second kappa shape index (κ2) is 6.35. The largest absolute Gasteiger partial charge is 0.390 e. The normalized spacial score (nSPS) is 51.8. The first-order valence-corrected chi connectivity index (χ1v) is 11.4. The molecule has 0 saturated heterocycles. The van der Waals surface area contributed by atoms with Gasteiger partial charge < -0.3 is 10.2 Å². The van der Waals surface area contributed by atoms with Crippen molar-refractivity contribution in [2.45, 2.75) is 76.3 Å². The minimum atomic E-state index is -0.697. The fraction of sp³-hybridized carbons (Fsp3) is 0.900.